The number of aliphatic hydroxyl groups is 1. The highest BCUT2D eigenvalue weighted by molar-refractivity contribution is 7.91. The molecule has 2 rings (SSSR count). The normalized spacial score (nSPS) is 15.0. The summed E-state index contributed by atoms with van der Waals surface area (Å²) < 4.78 is 27.1. The van der Waals surface area contributed by atoms with Crippen molar-refractivity contribution >= 4 is 49.0 Å². The van der Waals surface area contributed by atoms with Gasteiger partial charge >= 0.3 is 5.97 Å². The molecule has 9 heteroatoms. The highest BCUT2D eigenvalue weighted by Crippen LogP contribution is 2.30. The molecule has 1 unspecified atom stereocenters. The third-order valence-electron chi connectivity index (χ3n) is 2.79. The van der Waals surface area contributed by atoms with Crippen LogP contribution in [-0.4, -0.2) is 36.7 Å². The maximum absolute atomic E-state index is 12.1. The Morgan fingerprint density at radius 2 is 2.10 bits per heavy atom. The van der Waals surface area contributed by atoms with Crippen LogP contribution >= 0.6 is 22.9 Å². The first-order valence-corrected chi connectivity index (χ1v) is 8.44. The lowest BCUT2D eigenvalue weighted by Crippen LogP contribution is -2.46. The van der Waals surface area contributed by atoms with Gasteiger partial charge in [-0.2, -0.15) is 0 Å². The molecule has 0 saturated carbocycles. The molecule has 1 atom stereocenters. The molecule has 1 heterocycles. The van der Waals surface area contributed by atoms with Crippen molar-refractivity contribution in [1.82, 2.24) is 4.72 Å². The van der Waals surface area contributed by atoms with E-state index in [2.05, 4.69) is 4.72 Å². The summed E-state index contributed by atoms with van der Waals surface area (Å²) >= 11 is 6.87. The number of rotatable bonds is 5. The van der Waals surface area contributed by atoms with Crippen LogP contribution in [0.3, 0.4) is 0 Å². The van der Waals surface area contributed by atoms with E-state index in [4.69, 9.17) is 16.7 Å². The fourth-order valence-electron chi connectivity index (χ4n) is 1.50. The van der Waals surface area contributed by atoms with E-state index in [0.29, 0.717) is 10.4 Å². The van der Waals surface area contributed by atoms with Crippen molar-refractivity contribution in [3.8, 4) is 0 Å². The summed E-state index contributed by atoms with van der Waals surface area (Å²) in [5.41, 5.74) is -2.17. The molecule has 1 aromatic carbocycles. The Kier molecular flexibility index (Phi) is 4.27. The molecule has 2 aromatic rings. The van der Waals surface area contributed by atoms with Gasteiger partial charge in [-0.1, -0.05) is 11.6 Å². The molecular weight excluding hydrogens is 338 g/mol. The number of carbonyl (C=O) groups is 1. The van der Waals surface area contributed by atoms with Crippen molar-refractivity contribution in [2.24, 2.45) is 0 Å². The SMILES string of the molecule is CC(O)(CNS(=O)(=O)c1cc2cc(Cl)ccc2s1)C(=O)O. The number of hydrogen-bond acceptors (Lipinski definition) is 5. The number of fused-ring (bicyclic) bond motifs is 1. The summed E-state index contributed by atoms with van der Waals surface area (Å²) in [7, 11) is -3.90. The number of aliphatic carboxylic acids is 1. The molecule has 0 fully saturated rings. The standard InChI is InChI=1S/C12H12ClNO5S2/c1-12(17,11(15)16)6-14-21(18,19)10-5-7-4-8(13)2-3-9(7)20-10/h2-5,14,17H,6H2,1H3,(H,15,16). The van der Waals surface area contributed by atoms with Crippen LogP contribution in [0.1, 0.15) is 6.92 Å². The lowest BCUT2D eigenvalue weighted by molar-refractivity contribution is -0.155. The summed E-state index contributed by atoms with van der Waals surface area (Å²) in [6.45, 7) is 0.391. The van der Waals surface area contributed by atoms with Crippen molar-refractivity contribution in [3.63, 3.8) is 0 Å². The van der Waals surface area contributed by atoms with E-state index in [9.17, 15) is 18.3 Å². The Morgan fingerprint density at radius 1 is 1.43 bits per heavy atom. The number of halogens is 1. The van der Waals surface area contributed by atoms with Crippen LogP contribution in [0.15, 0.2) is 28.5 Å². The lowest BCUT2D eigenvalue weighted by atomic mass is 10.1. The number of sulfonamides is 1. The average molecular weight is 350 g/mol. The third kappa shape index (κ3) is 3.53. The minimum Gasteiger partial charge on any atom is -0.479 e. The maximum Gasteiger partial charge on any atom is 0.336 e. The van der Waals surface area contributed by atoms with Gasteiger partial charge in [0.05, 0.1) is 6.54 Å². The Labute approximate surface area is 130 Å². The van der Waals surface area contributed by atoms with Crippen LogP contribution in [0, 0.1) is 0 Å². The maximum atomic E-state index is 12.1. The molecule has 21 heavy (non-hydrogen) atoms. The first-order chi connectivity index (χ1) is 9.62. The van der Waals surface area contributed by atoms with Gasteiger partial charge in [0.1, 0.15) is 4.21 Å². The van der Waals surface area contributed by atoms with Gasteiger partial charge in [0.25, 0.3) is 0 Å². The van der Waals surface area contributed by atoms with Gasteiger partial charge in [-0.15, -0.1) is 11.3 Å². The number of hydrogen-bond donors (Lipinski definition) is 3. The third-order valence-corrected chi connectivity index (χ3v) is 6.01. The number of thiophene rings is 1. The first kappa shape index (κ1) is 16.2. The van der Waals surface area contributed by atoms with Crippen LogP contribution in [0.4, 0.5) is 0 Å². The molecule has 0 aliphatic heterocycles. The van der Waals surface area contributed by atoms with E-state index < -0.39 is 28.1 Å². The predicted octanol–water partition coefficient (Wildman–Crippen LogP) is 1.67. The highest BCUT2D eigenvalue weighted by Gasteiger charge is 2.32. The largest absolute Gasteiger partial charge is 0.479 e. The minimum absolute atomic E-state index is 0.0287. The number of benzene rings is 1. The second-order valence-corrected chi connectivity index (χ2v) is 8.17. The topological polar surface area (TPSA) is 104 Å². The molecule has 3 N–H and O–H groups in total. The smallest absolute Gasteiger partial charge is 0.336 e. The zero-order chi connectivity index (χ0) is 15.8. The summed E-state index contributed by atoms with van der Waals surface area (Å²) in [5.74, 6) is -1.51. The van der Waals surface area contributed by atoms with Crippen LogP contribution in [0.2, 0.25) is 5.02 Å². The van der Waals surface area contributed by atoms with Crippen LogP contribution < -0.4 is 4.72 Å². The van der Waals surface area contributed by atoms with Crippen molar-refractivity contribution < 1.29 is 23.4 Å². The first-order valence-electron chi connectivity index (χ1n) is 5.76. The Balaban J connectivity index is 2.28. The van der Waals surface area contributed by atoms with Crippen molar-refractivity contribution in [2.75, 3.05) is 6.54 Å². The van der Waals surface area contributed by atoms with E-state index in [1.807, 2.05) is 0 Å². The molecular formula is C12H12ClNO5S2. The molecule has 0 radical (unpaired) electrons. The quantitative estimate of drug-likeness (QED) is 0.761. The average Bonchev–Trinajstić information content (AvgIpc) is 2.80. The summed E-state index contributed by atoms with van der Waals surface area (Å²) in [6.07, 6.45) is 0. The molecule has 0 saturated heterocycles. The molecule has 1 aromatic heterocycles. The van der Waals surface area contributed by atoms with Crippen LogP contribution in [-0.2, 0) is 14.8 Å². The number of carboxylic acids is 1. The zero-order valence-electron chi connectivity index (χ0n) is 10.8. The second kappa shape index (κ2) is 5.54. The van der Waals surface area contributed by atoms with Crippen LogP contribution in [0.5, 0.6) is 0 Å². The predicted molar refractivity (Wildman–Crippen MR) is 80.3 cm³/mol. The summed E-state index contributed by atoms with van der Waals surface area (Å²) in [5, 5.41) is 19.5. The minimum atomic E-state index is -3.90. The molecule has 114 valence electrons. The Hall–Kier alpha value is -1.19. The van der Waals surface area contributed by atoms with Gasteiger partial charge in [0, 0.05) is 9.72 Å². The number of carboxylic acid groups (broad SMARTS) is 1. The molecule has 0 aliphatic rings. The zero-order valence-corrected chi connectivity index (χ0v) is 13.2. The Morgan fingerprint density at radius 3 is 2.71 bits per heavy atom. The van der Waals surface area contributed by atoms with Crippen molar-refractivity contribution in [3.05, 3.63) is 29.3 Å². The van der Waals surface area contributed by atoms with E-state index in [-0.39, 0.29) is 4.21 Å². The molecule has 0 spiro atoms. The van der Waals surface area contributed by atoms with Gasteiger partial charge in [-0.25, -0.2) is 17.9 Å². The van der Waals surface area contributed by atoms with Gasteiger partial charge in [0.15, 0.2) is 5.60 Å². The Bertz CT molecular complexity index is 797. The van der Waals surface area contributed by atoms with Gasteiger partial charge in [-0.05, 0) is 36.6 Å². The second-order valence-electron chi connectivity index (χ2n) is 4.65. The monoisotopic (exact) mass is 349 g/mol. The van der Waals surface area contributed by atoms with E-state index >= 15 is 0 Å². The van der Waals surface area contributed by atoms with Crippen molar-refractivity contribution in [1.29, 1.82) is 0 Å². The van der Waals surface area contributed by atoms with Crippen LogP contribution in [0.25, 0.3) is 10.1 Å². The molecule has 6 nitrogen and oxygen atoms in total. The summed E-state index contributed by atoms with van der Waals surface area (Å²) in [6, 6.07) is 6.44. The molecule has 0 aliphatic carbocycles. The highest BCUT2D eigenvalue weighted by atomic mass is 35.5. The van der Waals surface area contributed by atoms with Gasteiger partial charge in [0.2, 0.25) is 10.0 Å². The van der Waals surface area contributed by atoms with E-state index in [1.165, 1.54) is 6.07 Å². The lowest BCUT2D eigenvalue weighted by Gasteiger charge is -2.17. The fourth-order valence-corrected chi connectivity index (χ4v) is 4.24. The fraction of sp³-hybridized carbons (Fsp3) is 0.250. The van der Waals surface area contributed by atoms with Gasteiger partial charge in [-0.3, -0.25) is 0 Å². The van der Waals surface area contributed by atoms with E-state index in [1.54, 1.807) is 18.2 Å². The summed E-state index contributed by atoms with van der Waals surface area (Å²) in [4.78, 5) is 10.8. The van der Waals surface area contributed by atoms with Gasteiger partial charge < -0.3 is 10.2 Å². The van der Waals surface area contributed by atoms with Crippen molar-refractivity contribution in [2.45, 2.75) is 16.7 Å². The number of nitrogens with one attached hydrogen (secondary N) is 1. The molecule has 0 bridgehead atoms. The van der Waals surface area contributed by atoms with E-state index in [0.717, 1.165) is 23.0 Å². The molecule has 0 amide bonds.